The number of ether oxygens (including phenoxy) is 1. The topological polar surface area (TPSA) is 82.0 Å². The number of carbonyl (C=O) groups excluding carboxylic acids is 1. The number of H-pyrrole nitrogens is 1. The molecule has 2 atom stereocenters. The lowest BCUT2D eigenvalue weighted by atomic mass is 9.87. The largest absolute Gasteiger partial charge is 0.489 e. The second kappa shape index (κ2) is 11.3. The summed E-state index contributed by atoms with van der Waals surface area (Å²) in [7, 11) is 3.30. The Bertz CT molecular complexity index is 1510. The Kier molecular flexibility index (Phi) is 7.93. The summed E-state index contributed by atoms with van der Waals surface area (Å²) in [6.07, 6.45) is -1.08. The van der Waals surface area contributed by atoms with Crippen LogP contribution >= 0.6 is 0 Å². The third kappa shape index (κ3) is 6.30. The van der Waals surface area contributed by atoms with Crippen LogP contribution in [0.25, 0.3) is 11.1 Å². The molecule has 3 heterocycles. The average molecular weight is 581 g/mol. The molecule has 13 heteroatoms. The van der Waals surface area contributed by atoms with Gasteiger partial charge in [0, 0.05) is 69.6 Å². The van der Waals surface area contributed by atoms with Crippen LogP contribution < -0.4 is 10.5 Å². The van der Waals surface area contributed by atoms with Gasteiger partial charge < -0.3 is 14.1 Å². The first kappa shape index (κ1) is 28.8. The zero-order valence-corrected chi connectivity index (χ0v) is 22.4. The van der Waals surface area contributed by atoms with E-state index in [0.29, 0.717) is 37.1 Å². The molecule has 1 N–H and O–H groups in total. The van der Waals surface area contributed by atoms with E-state index in [9.17, 15) is 22.8 Å². The molecule has 0 aliphatic carbocycles. The molecule has 0 saturated carbocycles. The summed E-state index contributed by atoms with van der Waals surface area (Å²) in [5.74, 6) is -3.02. The van der Waals surface area contributed by atoms with Gasteiger partial charge in [0.25, 0.3) is 0 Å². The minimum atomic E-state index is -4.61. The first-order valence-electron chi connectivity index (χ1n) is 13.1. The zero-order chi connectivity index (χ0) is 29.5. The van der Waals surface area contributed by atoms with Crippen LogP contribution in [0.4, 0.5) is 22.0 Å². The molecule has 1 aromatic heterocycles. The maximum atomic E-state index is 15.6. The Labute approximate surface area is 232 Å². The van der Waals surface area contributed by atoms with Crippen molar-refractivity contribution in [2.24, 2.45) is 0 Å². The number of aromatic amines is 1. The molecular weight excluding hydrogens is 551 g/mol. The standard InChI is InChI=1S/C28H29F5N4O4/c1-35(2)23(38)4-3-9-36-10-7-16(14-36)40-17-12-20(29)24(21(30)13-17)25-18-5-6-22-26(41-27(39)34-22)19(18)8-11-37(25)15-28(31,32)33/h3-6,12-13,16,25H,7-11,14-15H2,1-2H3,(H,34,39)/b4-3+/t16?,25-/m0/s1. The third-order valence-corrected chi connectivity index (χ3v) is 7.34. The van der Waals surface area contributed by atoms with Gasteiger partial charge in [-0.1, -0.05) is 12.1 Å². The highest BCUT2D eigenvalue weighted by Gasteiger charge is 2.40. The summed E-state index contributed by atoms with van der Waals surface area (Å²) < 4.78 is 82.8. The van der Waals surface area contributed by atoms with Gasteiger partial charge in [-0.15, -0.1) is 0 Å². The number of amides is 1. The number of hydrogen-bond acceptors (Lipinski definition) is 6. The zero-order valence-electron chi connectivity index (χ0n) is 22.4. The molecule has 5 rings (SSSR count). The Hall–Kier alpha value is -3.71. The number of oxazole rings is 1. The lowest BCUT2D eigenvalue weighted by Crippen LogP contribution is -2.42. The van der Waals surface area contributed by atoms with Gasteiger partial charge in [-0.25, -0.2) is 13.6 Å². The monoisotopic (exact) mass is 580 g/mol. The predicted octanol–water partition coefficient (Wildman–Crippen LogP) is 4.01. The van der Waals surface area contributed by atoms with Crippen LogP contribution in [0.3, 0.4) is 0 Å². The molecule has 2 aliphatic heterocycles. The molecule has 0 radical (unpaired) electrons. The fraction of sp³-hybridized carbons (Fsp3) is 0.429. The molecule has 41 heavy (non-hydrogen) atoms. The Morgan fingerprint density at radius 3 is 2.61 bits per heavy atom. The first-order chi connectivity index (χ1) is 19.4. The van der Waals surface area contributed by atoms with Crippen molar-refractivity contribution in [2.75, 3.05) is 46.8 Å². The average Bonchev–Trinajstić information content (AvgIpc) is 3.48. The Morgan fingerprint density at radius 2 is 1.93 bits per heavy atom. The number of benzene rings is 2. The lowest BCUT2D eigenvalue weighted by molar-refractivity contribution is -0.150. The summed E-state index contributed by atoms with van der Waals surface area (Å²) >= 11 is 0. The third-order valence-electron chi connectivity index (χ3n) is 7.34. The second-order valence-electron chi connectivity index (χ2n) is 10.5. The van der Waals surface area contributed by atoms with E-state index in [1.807, 2.05) is 4.90 Å². The van der Waals surface area contributed by atoms with E-state index in [1.54, 1.807) is 20.2 Å². The summed E-state index contributed by atoms with van der Waals surface area (Å²) in [6.45, 7) is 0.0956. The van der Waals surface area contributed by atoms with Crippen molar-refractivity contribution < 1.29 is 35.9 Å². The van der Waals surface area contributed by atoms with Crippen molar-refractivity contribution in [2.45, 2.75) is 31.2 Å². The molecule has 2 aromatic carbocycles. The SMILES string of the molecule is CN(C)C(=O)/C=C/CN1CCC(Oc2cc(F)c([C@@H]3c4ccc5[nH]c(=O)oc5c4CCN3CC(F)(F)F)c(F)c2)C1. The highest BCUT2D eigenvalue weighted by Crippen LogP contribution is 2.42. The van der Waals surface area contributed by atoms with Gasteiger partial charge >= 0.3 is 11.9 Å². The van der Waals surface area contributed by atoms with Crippen LogP contribution in [-0.2, 0) is 11.2 Å². The number of likely N-dealkylation sites (N-methyl/N-ethyl adjacent to an activating group) is 1. The molecule has 0 spiro atoms. The number of likely N-dealkylation sites (tertiary alicyclic amines) is 1. The number of rotatable bonds is 7. The van der Waals surface area contributed by atoms with E-state index >= 15 is 8.78 Å². The highest BCUT2D eigenvalue weighted by molar-refractivity contribution is 5.87. The number of aromatic nitrogens is 1. The molecule has 8 nitrogen and oxygen atoms in total. The van der Waals surface area contributed by atoms with Gasteiger partial charge in [-0.2, -0.15) is 13.2 Å². The summed E-state index contributed by atoms with van der Waals surface area (Å²) in [5.41, 5.74) is 0.636. The van der Waals surface area contributed by atoms with Crippen molar-refractivity contribution in [3.8, 4) is 5.75 Å². The van der Waals surface area contributed by atoms with Gasteiger partial charge in [-0.05, 0) is 24.5 Å². The van der Waals surface area contributed by atoms with Crippen LogP contribution in [0, 0.1) is 11.6 Å². The van der Waals surface area contributed by atoms with Crippen LogP contribution in [0.1, 0.15) is 29.2 Å². The van der Waals surface area contributed by atoms with Crippen LogP contribution in [0.2, 0.25) is 0 Å². The van der Waals surface area contributed by atoms with Gasteiger partial charge in [0.2, 0.25) is 5.91 Å². The molecule has 1 saturated heterocycles. The molecule has 3 aromatic rings. The maximum absolute atomic E-state index is 15.6. The van der Waals surface area contributed by atoms with Crippen molar-refractivity contribution in [3.05, 3.63) is 75.3 Å². The van der Waals surface area contributed by atoms with E-state index < -0.39 is 41.7 Å². The van der Waals surface area contributed by atoms with Crippen molar-refractivity contribution in [1.29, 1.82) is 0 Å². The number of nitrogens with one attached hydrogen (secondary N) is 1. The van der Waals surface area contributed by atoms with E-state index in [0.717, 1.165) is 17.0 Å². The molecule has 0 bridgehead atoms. The minimum absolute atomic E-state index is 0.0700. The number of hydrogen-bond donors (Lipinski definition) is 1. The highest BCUT2D eigenvalue weighted by atomic mass is 19.4. The number of halogens is 5. The van der Waals surface area contributed by atoms with E-state index in [1.165, 1.54) is 23.1 Å². The van der Waals surface area contributed by atoms with Crippen LogP contribution in [0.5, 0.6) is 5.75 Å². The Balaban J connectivity index is 1.39. The van der Waals surface area contributed by atoms with Crippen molar-refractivity contribution in [3.63, 3.8) is 0 Å². The van der Waals surface area contributed by atoms with E-state index in [2.05, 4.69) is 4.98 Å². The van der Waals surface area contributed by atoms with E-state index in [4.69, 9.17) is 9.15 Å². The first-order valence-corrected chi connectivity index (χ1v) is 13.1. The summed E-state index contributed by atoms with van der Waals surface area (Å²) in [4.78, 5) is 30.4. The second-order valence-corrected chi connectivity index (χ2v) is 10.5. The molecule has 220 valence electrons. The molecule has 2 aliphatic rings. The van der Waals surface area contributed by atoms with Gasteiger partial charge in [0.1, 0.15) is 23.5 Å². The molecular formula is C28H29F5N4O4. The quantitative estimate of drug-likeness (QED) is 0.336. The van der Waals surface area contributed by atoms with Crippen LogP contribution in [-0.4, -0.2) is 84.7 Å². The number of carbonyl (C=O) groups is 1. The predicted molar refractivity (Wildman–Crippen MR) is 140 cm³/mol. The Morgan fingerprint density at radius 1 is 1.20 bits per heavy atom. The lowest BCUT2D eigenvalue weighted by Gasteiger charge is -2.38. The number of alkyl halides is 3. The fourth-order valence-electron chi connectivity index (χ4n) is 5.51. The molecule has 1 fully saturated rings. The number of nitrogens with zero attached hydrogens (tertiary/aromatic N) is 3. The van der Waals surface area contributed by atoms with Gasteiger partial charge in [0.05, 0.1) is 18.1 Å². The maximum Gasteiger partial charge on any atom is 0.417 e. The van der Waals surface area contributed by atoms with Gasteiger partial charge in [0.15, 0.2) is 5.58 Å². The number of fused-ring (bicyclic) bond motifs is 3. The molecule has 1 amide bonds. The summed E-state index contributed by atoms with van der Waals surface area (Å²) in [5, 5.41) is 0. The van der Waals surface area contributed by atoms with Crippen LogP contribution in [0.15, 0.2) is 45.6 Å². The van der Waals surface area contributed by atoms with Crippen molar-refractivity contribution in [1.82, 2.24) is 19.7 Å². The minimum Gasteiger partial charge on any atom is -0.489 e. The smallest absolute Gasteiger partial charge is 0.417 e. The van der Waals surface area contributed by atoms with Crippen molar-refractivity contribution >= 4 is 17.0 Å². The molecule has 1 unspecified atom stereocenters. The summed E-state index contributed by atoms with van der Waals surface area (Å²) in [6, 6.07) is 3.50. The fourth-order valence-corrected chi connectivity index (χ4v) is 5.51. The normalized spacial score (nSPS) is 20.2. The van der Waals surface area contributed by atoms with Gasteiger partial charge in [-0.3, -0.25) is 19.6 Å². The van der Waals surface area contributed by atoms with E-state index in [-0.39, 0.29) is 41.9 Å².